The molecule has 0 bridgehead atoms. The molecular formula is C21H26AlClMgO. The third kappa shape index (κ3) is 6.15. The van der Waals surface area contributed by atoms with Gasteiger partial charge in [0.2, 0.25) is 15.2 Å². The van der Waals surface area contributed by atoms with Crippen molar-refractivity contribution in [3.05, 3.63) is 108 Å². The third-order valence-corrected chi connectivity index (χ3v) is 3.57. The zero-order valence-electron chi connectivity index (χ0n) is 16.9. The van der Waals surface area contributed by atoms with E-state index in [1.807, 2.05) is 91.0 Å². The molecule has 128 valence electrons. The predicted molar refractivity (Wildman–Crippen MR) is 116 cm³/mol. The number of benzene rings is 3. The topological polar surface area (TPSA) is 20.2 Å². The van der Waals surface area contributed by atoms with Crippen molar-refractivity contribution in [2.75, 3.05) is 0 Å². The van der Waals surface area contributed by atoms with Crippen LogP contribution in [0, 0.1) is 0 Å². The smallest absolute Gasteiger partial charge is 1.00 e. The predicted octanol–water partition coefficient (Wildman–Crippen LogP) is 4.76. The maximum atomic E-state index is 11.4. The second-order valence-electron chi connectivity index (χ2n) is 5.52. The van der Waals surface area contributed by atoms with Crippen molar-refractivity contribution < 1.29 is 7.96 Å². The van der Waals surface area contributed by atoms with Crippen molar-refractivity contribution >= 4 is 50.7 Å². The van der Waals surface area contributed by atoms with Crippen molar-refractivity contribution in [2.24, 2.45) is 0 Å². The summed E-state index contributed by atoms with van der Waals surface area (Å²) >= 11 is 0.417. The van der Waals surface area contributed by atoms with E-state index in [0.717, 1.165) is 16.7 Å². The second kappa shape index (κ2) is 12.5. The quantitative estimate of drug-likeness (QED) is 0.513. The Bertz CT molecular complexity index is 606. The number of hydrogen-bond acceptors (Lipinski definition) is 1. The van der Waals surface area contributed by atoms with Gasteiger partial charge in [-0.1, -0.05) is 91.0 Å². The second-order valence-corrected chi connectivity index (χ2v) is 6.93. The average molecular weight is 381 g/mol. The van der Waals surface area contributed by atoms with Gasteiger partial charge in [-0.05, 0) is 16.7 Å². The Morgan fingerprint density at radius 3 is 1.04 bits per heavy atom. The minimum atomic E-state index is -1.12. The first kappa shape index (κ1) is 24.2. The van der Waals surface area contributed by atoms with Crippen LogP contribution in [0.4, 0.5) is 0 Å². The molecule has 1 nitrogen and oxygen atoms in total. The fourth-order valence-corrected chi connectivity index (χ4v) is 2.54. The number of hydrogen-bond donors (Lipinski definition) is 1. The maximum Gasteiger partial charge on any atom is 2.00 e. The van der Waals surface area contributed by atoms with Crippen molar-refractivity contribution in [1.29, 1.82) is 0 Å². The van der Waals surface area contributed by atoms with E-state index in [1.54, 1.807) is 0 Å². The molecule has 1 N–H and O–H groups in total. The van der Waals surface area contributed by atoms with E-state index in [1.165, 1.54) is 0 Å². The molecule has 0 spiro atoms. The van der Waals surface area contributed by atoms with Crippen molar-refractivity contribution in [3.63, 3.8) is 0 Å². The molecule has 0 radical (unpaired) electrons. The largest absolute Gasteiger partial charge is 2.00 e. The average Bonchev–Trinajstić information content (AvgIpc) is 2.64. The molecule has 25 heavy (non-hydrogen) atoms. The summed E-state index contributed by atoms with van der Waals surface area (Å²) in [4.78, 5) is 0. The minimum absolute atomic E-state index is 0. The van der Waals surface area contributed by atoms with E-state index in [2.05, 4.69) is 11.6 Å². The fraction of sp³-hybridized carbons (Fsp3) is 0.143. The molecule has 0 saturated carbocycles. The first-order valence-corrected chi connectivity index (χ1v) is 10.9. The number of rotatable bonds is 3. The SMILES string of the molecule is Cl.OC(c1ccccc1)(c1ccccc1)c1ccccc1.[CH3][AlH][CH3].[H-].[H-].[Mg+2]. The van der Waals surface area contributed by atoms with E-state index >= 15 is 0 Å². The molecule has 0 aliphatic carbocycles. The maximum absolute atomic E-state index is 11.4. The van der Waals surface area contributed by atoms with Crippen LogP contribution < -0.4 is 0 Å². The summed E-state index contributed by atoms with van der Waals surface area (Å²) in [5, 5.41) is 11.4. The standard InChI is InChI=1S/C19H16O.2CH3.Al.ClH.Mg.3H/c20-19(16-10-4-1-5-11-16,17-12-6-2-7-13-17)18-14-8-3-9-15-18;;;;;;;;/h1-15,20H;2*1H3;;1H;;;;/q;;;;;+2;;2*-1. The Balaban J connectivity index is -0.000000774. The van der Waals surface area contributed by atoms with Gasteiger partial charge < -0.3 is 7.96 Å². The summed E-state index contributed by atoms with van der Waals surface area (Å²) < 4.78 is 0. The van der Waals surface area contributed by atoms with Gasteiger partial charge in [0.1, 0.15) is 5.60 Å². The van der Waals surface area contributed by atoms with Crippen LogP contribution in [0.2, 0.25) is 11.6 Å². The van der Waals surface area contributed by atoms with Crippen molar-refractivity contribution in [3.8, 4) is 0 Å². The molecule has 0 atom stereocenters. The Morgan fingerprint density at radius 2 is 0.840 bits per heavy atom. The van der Waals surface area contributed by atoms with Crippen LogP contribution in [0.1, 0.15) is 19.5 Å². The van der Waals surface area contributed by atoms with Gasteiger partial charge in [0.25, 0.3) is 0 Å². The first-order chi connectivity index (χ1) is 11.2. The van der Waals surface area contributed by atoms with Gasteiger partial charge >= 0.3 is 23.1 Å². The summed E-state index contributed by atoms with van der Waals surface area (Å²) in [7, 11) is 0. The van der Waals surface area contributed by atoms with Gasteiger partial charge in [0, 0.05) is 0 Å². The molecule has 0 aliphatic heterocycles. The molecule has 0 saturated heterocycles. The summed E-state index contributed by atoms with van der Waals surface area (Å²) in [6.07, 6.45) is 0. The van der Waals surface area contributed by atoms with Crippen molar-refractivity contribution in [2.45, 2.75) is 17.2 Å². The minimum Gasteiger partial charge on any atom is -1.00 e. The normalized spacial score (nSPS) is 9.56. The molecule has 0 unspecified atom stereocenters. The van der Waals surface area contributed by atoms with Crippen LogP contribution in [-0.2, 0) is 5.60 Å². The van der Waals surface area contributed by atoms with Crippen LogP contribution in [0.25, 0.3) is 0 Å². The number of aliphatic hydroxyl groups is 1. The van der Waals surface area contributed by atoms with Gasteiger partial charge in [-0.15, -0.1) is 24.0 Å². The van der Waals surface area contributed by atoms with E-state index in [0.29, 0.717) is 15.2 Å². The monoisotopic (exact) mass is 380 g/mol. The van der Waals surface area contributed by atoms with Gasteiger partial charge in [-0.25, -0.2) is 0 Å². The molecule has 3 aromatic carbocycles. The van der Waals surface area contributed by atoms with Gasteiger partial charge in [-0.2, -0.15) is 0 Å². The Hall–Kier alpha value is -0.791. The molecule has 3 aromatic rings. The van der Waals surface area contributed by atoms with Crippen LogP contribution in [0.3, 0.4) is 0 Å². The molecule has 3 rings (SSSR count). The van der Waals surface area contributed by atoms with Crippen molar-refractivity contribution in [1.82, 2.24) is 0 Å². The van der Waals surface area contributed by atoms with Gasteiger partial charge in [0.05, 0.1) is 0 Å². The molecule has 0 fully saturated rings. The number of halogens is 1. The van der Waals surface area contributed by atoms with E-state index in [-0.39, 0.29) is 38.3 Å². The summed E-state index contributed by atoms with van der Waals surface area (Å²) in [6, 6.07) is 29.3. The molecule has 0 aliphatic rings. The Labute approximate surface area is 182 Å². The van der Waals surface area contributed by atoms with Gasteiger partial charge in [0.15, 0.2) is 0 Å². The Kier molecular flexibility index (Phi) is 12.1. The van der Waals surface area contributed by atoms with E-state index in [9.17, 15) is 5.11 Å². The summed E-state index contributed by atoms with van der Waals surface area (Å²) in [5.41, 5.74) is 1.50. The van der Waals surface area contributed by atoms with E-state index < -0.39 is 5.60 Å². The zero-order chi connectivity index (χ0) is 16.5. The molecule has 0 amide bonds. The molecule has 0 heterocycles. The summed E-state index contributed by atoms with van der Waals surface area (Å²) in [6.45, 7) is 0. The first-order valence-electron chi connectivity index (χ1n) is 8.12. The van der Waals surface area contributed by atoms with E-state index in [4.69, 9.17) is 0 Å². The van der Waals surface area contributed by atoms with Gasteiger partial charge in [-0.3, -0.25) is 0 Å². The fourth-order valence-electron chi connectivity index (χ4n) is 2.54. The van der Waals surface area contributed by atoms with Crippen LogP contribution in [-0.4, -0.2) is 43.4 Å². The summed E-state index contributed by atoms with van der Waals surface area (Å²) in [5.74, 6) is 4.53. The molecule has 4 heteroatoms. The van der Waals surface area contributed by atoms with Crippen LogP contribution in [0.15, 0.2) is 91.0 Å². The molecular weight excluding hydrogens is 355 g/mol. The third-order valence-electron chi connectivity index (χ3n) is 3.57. The Morgan fingerprint density at radius 1 is 0.640 bits per heavy atom. The van der Waals surface area contributed by atoms with Crippen LogP contribution >= 0.6 is 12.4 Å². The zero-order valence-corrected chi connectivity index (χ0v) is 18.6. The van der Waals surface area contributed by atoms with Crippen LogP contribution in [0.5, 0.6) is 0 Å². The molecule has 0 aromatic heterocycles.